The molecule has 0 radical (unpaired) electrons. The molecule has 1 amide bonds. The quantitative estimate of drug-likeness (QED) is 0.880. The Bertz CT molecular complexity index is 493. The molecule has 0 bridgehead atoms. The van der Waals surface area contributed by atoms with Crippen LogP contribution in [0.5, 0.6) is 0 Å². The number of hydrogen-bond donors (Lipinski definition) is 1. The van der Waals surface area contributed by atoms with Crippen LogP contribution in [0.4, 0.5) is 5.69 Å². The van der Waals surface area contributed by atoms with Gasteiger partial charge in [-0.25, -0.2) is 0 Å². The molecule has 23 heavy (non-hydrogen) atoms. The van der Waals surface area contributed by atoms with Gasteiger partial charge in [0.1, 0.15) is 0 Å². The van der Waals surface area contributed by atoms with Crippen molar-refractivity contribution in [2.45, 2.75) is 18.9 Å². The van der Waals surface area contributed by atoms with Gasteiger partial charge in [-0.3, -0.25) is 9.69 Å². The Morgan fingerprint density at radius 3 is 2.61 bits per heavy atom. The van der Waals surface area contributed by atoms with E-state index in [9.17, 15) is 4.79 Å². The molecule has 126 valence electrons. The molecule has 0 spiro atoms. The summed E-state index contributed by atoms with van der Waals surface area (Å²) in [6, 6.07) is 10.7. The minimum atomic E-state index is 0.0509. The van der Waals surface area contributed by atoms with Gasteiger partial charge in [-0.05, 0) is 31.5 Å². The number of benzene rings is 1. The standard InChI is InChI=1S/C18H28N4O/c1-20(18(23)17-8-5-9-19-17)10-11-21-12-14-22(15-13-21)16-6-3-2-4-7-16/h2-4,6-7,17,19H,5,8-15H2,1H3/t17-/m0/s1. The first-order valence-electron chi connectivity index (χ1n) is 8.75. The minimum Gasteiger partial charge on any atom is -0.369 e. The molecule has 1 aromatic rings. The van der Waals surface area contributed by atoms with E-state index in [0.29, 0.717) is 0 Å². The number of likely N-dealkylation sites (N-methyl/N-ethyl adjacent to an activating group) is 1. The van der Waals surface area contributed by atoms with Crippen LogP contribution in [-0.4, -0.2) is 74.6 Å². The van der Waals surface area contributed by atoms with Gasteiger partial charge in [-0.15, -0.1) is 0 Å². The van der Waals surface area contributed by atoms with Gasteiger partial charge in [0.05, 0.1) is 6.04 Å². The predicted octanol–water partition coefficient (Wildman–Crippen LogP) is 1.02. The molecule has 1 N–H and O–H groups in total. The van der Waals surface area contributed by atoms with E-state index in [4.69, 9.17) is 0 Å². The SMILES string of the molecule is CN(CCN1CCN(c2ccccc2)CC1)C(=O)[C@@H]1CCCN1. The number of carbonyl (C=O) groups is 1. The molecule has 5 nitrogen and oxygen atoms in total. The first-order valence-corrected chi connectivity index (χ1v) is 8.75. The fourth-order valence-corrected chi connectivity index (χ4v) is 3.43. The van der Waals surface area contributed by atoms with Crippen LogP contribution in [0.15, 0.2) is 30.3 Å². The van der Waals surface area contributed by atoms with E-state index in [1.807, 2.05) is 11.9 Å². The third-order valence-corrected chi connectivity index (χ3v) is 4.98. The number of hydrogen-bond acceptors (Lipinski definition) is 4. The Balaban J connectivity index is 1.39. The van der Waals surface area contributed by atoms with Crippen LogP contribution in [0.3, 0.4) is 0 Å². The molecule has 1 aromatic carbocycles. The topological polar surface area (TPSA) is 38.8 Å². The summed E-state index contributed by atoms with van der Waals surface area (Å²) in [7, 11) is 1.93. The summed E-state index contributed by atoms with van der Waals surface area (Å²) >= 11 is 0. The monoisotopic (exact) mass is 316 g/mol. The first-order chi connectivity index (χ1) is 11.2. The van der Waals surface area contributed by atoms with E-state index in [-0.39, 0.29) is 11.9 Å². The number of nitrogens with zero attached hydrogens (tertiary/aromatic N) is 3. The van der Waals surface area contributed by atoms with Crippen molar-refractivity contribution in [2.24, 2.45) is 0 Å². The van der Waals surface area contributed by atoms with Crippen LogP contribution in [0.2, 0.25) is 0 Å². The summed E-state index contributed by atoms with van der Waals surface area (Å²) in [4.78, 5) is 19.1. The lowest BCUT2D eigenvalue weighted by Crippen LogP contribution is -2.50. The molecule has 2 heterocycles. The summed E-state index contributed by atoms with van der Waals surface area (Å²) in [5.74, 6) is 0.255. The molecule has 3 rings (SSSR count). The van der Waals surface area contributed by atoms with Gasteiger partial charge in [0.2, 0.25) is 5.91 Å². The Morgan fingerprint density at radius 2 is 1.96 bits per heavy atom. The van der Waals surface area contributed by atoms with E-state index >= 15 is 0 Å². The van der Waals surface area contributed by atoms with Crippen LogP contribution < -0.4 is 10.2 Å². The zero-order chi connectivity index (χ0) is 16.1. The molecule has 2 fully saturated rings. The van der Waals surface area contributed by atoms with Crippen molar-refractivity contribution in [2.75, 3.05) is 57.8 Å². The van der Waals surface area contributed by atoms with Crippen LogP contribution in [0.25, 0.3) is 0 Å². The Kier molecular flexibility index (Phi) is 5.51. The van der Waals surface area contributed by atoms with Gasteiger partial charge < -0.3 is 15.1 Å². The summed E-state index contributed by atoms with van der Waals surface area (Å²) < 4.78 is 0. The van der Waals surface area contributed by atoms with E-state index in [1.165, 1.54) is 5.69 Å². The molecule has 2 aliphatic rings. The molecule has 5 heteroatoms. The van der Waals surface area contributed by atoms with Crippen LogP contribution in [0, 0.1) is 0 Å². The Hall–Kier alpha value is -1.59. The number of anilines is 1. The van der Waals surface area contributed by atoms with Gasteiger partial charge >= 0.3 is 0 Å². The van der Waals surface area contributed by atoms with Crippen molar-refractivity contribution >= 4 is 11.6 Å². The van der Waals surface area contributed by atoms with Gasteiger partial charge in [0, 0.05) is 52.0 Å². The number of carbonyl (C=O) groups excluding carboxylic acids is 1. The van der Waals surface area contributed by atoms with E-state index < -0.39 is 0 Å². The lowest BCUT2D eigenvalue weighted by Gasteiger charge is -2.36. The molecular formula is C18H28N4O. The highest BCUT2D eigenvalue weighted by Gasteiger charge is 2.25. The second-order valence-electron chi connectivity index (χ2n) is 6.57. The Labute approximate surface area is 139 Å². The zero-order valence-corrected chi connectivity index (χ0v) is 14.1. The largest absolute Gasteiger partial charge is 0.369 e. The van der Waals surface area contributed by atoms with E-state index in [0.717, 1.165) is 58.7 Å². The average molecular weight is 316 g/mol. The maximum Gasteiger partial charge on any atom is 0.239 e. The lowest BCUT2D eigenvalue weighted by molar-refractivity contribution is -0.131. The van der Waals surface area contributed by atoms with Crippen LogP contribution in [0.1, 0.15) is 12.8 Å². The molecule has 0 unspecified atom stereocenters. The minimum absolute atomic E-state index is 0.0509. The summed E-state index contributed by atoms with van der Waals surface area (Å²) in [5.41, 5.74) is 1.31. The molecule has 0 aromatic heterocycles. The normalized spacial score (nSPS) is 22.3. The number of amides is 1. The number of rotatable bonds is 5. The van der Waals surface area contributed by atoms with Crippen LogP contribution >= 0.6 is 0 Å². The van der Waals surface area contributed by atoms with E-state index in [2.05, 4.69) is 45.4 Å². The molecular weight excluding hydrogens is 288 g/mol. The van der Waals surface area contributed by atoms with Crippen molar-refractivity contribution in [1.29, 1.82) is 0 Å². The van der Waals surface area contributed by atoms with Crippen molar-refractivity contribution < 1.29 is 4.79 Å². The fourth-order valence-electron chi connectivity index (χ4n) is 3.43. The molecule has 0 saturated carbocycles. The predicted molar refractivity (Wildman–Crippen MR) is 93.8 cm³/mol. The van der Waals surface area contributed by atoms with Gasteiger partial charge in [-0.2, -0.15) is 0 Å². The van der Waals surface area contributed by atoms with Crippen molar-refractivity contribution in [3.05, 3.63) is 30.3 Å². The number of piperazine rings is 1. The summed E-state index contributed by atoms with van der Waals surface area (Å²) in [6.07, 6.45) is 2.10. The maximum absolute atomic E-state index is 12.3. The van der Waals surface area contributed by atoms with Crippen molar-refractivity contribution in [3.63, 3.8) is 0 Å². The number of nitrogens with one attached hydrogen (secondary N) is 1. The molecule has 2 saturated heterocycles. The van der Waals surface area contributed by atoms with E-state index in [1.54, 1.807) is 0 Å². The second-order valence-corrected chi connectivity index (χ2v) is 6.57. The zero-order valence-electron chi connectivity index (χ0n) is 14.1. The van der Waals surface area contributed by atoms with Gasteiger partial charge in [0.25, 0.3) is 0 Å². The Morgan fingerprint density at radius 1 is 1.22 bits per heavy atom. The van der Waals surface area contributed by atoms with Crippen molar-refractivity contribution in [1.82, 2.24) is 15.1 Å². The number of para-hydroxylation sites is 1. The smallest absolute Gasteiger partial charge is 0.239 e. The van der Waals surface area contributed by atoms with Crippen LogP contribution in [-0.2, 0) is 4.79 Å². The second kappa shape index (κ2) is 7.79. The highest BCUT2D eigenvalue weighted by Crippen LogP contribution is 2.15. The molecule has 2 aliphatic heterocycles. The maximum atomic E-state index is 12.3. The highest BCUT2D eigenvalue weighted by atomic mass is 16.2. The van der Waals surface area contributed by atoms with Gasteiger partial charge in [-0.1, -0.05) is 18.2 Å². The average Bonchev–Trinajstić information content (AvgIpc) is 3.15. The third kappa shape index (κ3) is 4.24. The molecule has 0 aliphatic carbocycles. The first kappa shape index (κ1) is 16.3. The highest BCUT2D eigenvalue weighted by molar-refractivity contribution is 5.81. The molecule has 1 atom stereocenters. The fraction of sp³-hybridized carbons (Fsp3) is 0.611. The van der Waals surface area contributed by atoms with Gasteiger partial charge in [0.15, 0.2) is 0 Å². The summed E-state index contributed by atoms with van der Waals surface area (Å²) in [6.45, 7) is 7.03. The lowest BCUT2D eigenvalue weighted by atomic mass is 10.2. The van der Waals surface area contributed by atoms with Crippen molar-refractivity contribution in [3.8, 4) is 0 Å². The summed E-state index contributed by atoms with van der Waals surface area (Å²) in [5, 5.41) is 3.29. The third-order valence-electron chi connectivity index (χ3n) is 4.98.